The summed E-state index contributed by atoms with van der Waals surface area (Å²) in [5, 5.41) is 7.79. The minimum atomic E-state index is 0.488. The van der Waals surface area contributed by atoms with E-state index in [4.69, 9.17) is 0 Å². The van der Waals surface area contributed by atoms with Crippen molar-refractivity contribution in [3.05, 3.63) is 11.6 Å². The maximum absolute atomic E-state index is 4.50. The van der Waals surface area contributed by atoms with Gasteiger partial charge < -0.3 is 5.32 Å². The summed E-state index contributed by atoms with van der Waals surface area (Å²) in [5.74, 6) is 2.05. The highest BCUT2D eigenvalue weighted by Crippen LogP contribution is 2.03. The Morgan fingerprint density at radius 3 is 2.47 bits per heavy atom. The molecule has 15 heavy (non-hydrogen) atoms. The predicted octanol–water partition coefficient (Wildman–Crippen LogP) is 1.40. The molecular formula is C11H22N4. The summed E-state index contributed by atoms with van der Waals surface area (Å²) in [4.78, 5) is 4.49. The molecule has 0 radical (unpaired) electrons. The third-order valence-electron chi connectivity index (χ3n) is 2.72. The topological polar surface area (TPSA) is 42.7 Å². The SMILES string of the molecule is CCc1nc(CC)n(CC(CC)NC)n1. The van der Waals surface area contributed by atoms with Gasteiger partial charge in [0, 0.05) is 18.9 Å². The van der Waals surface area contributed by atoms with Crippen LogP contribution in [0.25, 0.3) is 0 Å². The van der Waals surface area contributed by atoms with Gasteiger partial charge in [0.15, 0.2) is 5.82 Å². The summed E-state index contributed by atoms with van der Waals surface area (Å²) in [6.07, 6.45) is 2.98. The van der Waals surface area contributed by atoms with Crippen molar-refractivity contribution in [2.45, 2.75) is 52.6 Å². The summed E-state index contributed by atoms with van der Waals surface area (Å²) < 4.78 is 2.05. The van der Waals surface area contributed by atoms with Crippen molar-refractivity contribution in [3.8, 4) is 0 Å². The van der Waals surface area contributed by atoms with Gasteiger partial charge in [-0.1, -0.05) is 20.8 Å². The second-order valence-electron chi connectivity index (χ2n) is 3.73. The molecule has 0 saturated heterocycles. The number of nitrogens with zero attached hydrogens (tertiary/aromatic N) is 3. The van der Waals surface area contributed by atoms with Crippen LogP contribution in [-0.2, 0) is 19.4 Å². The molecule has 1 unspecified atom stereocenters. The smallest absolute Gasteiger partial charge is 0.150 e. The number of nitrogens with one attached hydrogen (secondary N) is 1. The first-order chi connectivity index (χ1) is 7.24. The standard InChI is InChI=1S/C11H22N4/c1-5-9(12-4)8-15-11(7-3)13-10(6-2)14-15/h9,12H,5-8H2,1-4H3. The van der Waals surface area contributed by atoms with Crippen molar-refractivity contribution < 1.29 is 0 Å². The lowest BCUT2D eigenvalue weighted by atomic mass is 10.2. The van der Waals surface area contributed by atoms with Gasteiger partial charge in [-0.25, -0.2) is 9.67 Å². The fraction of sp³-hybridized carbons (Fsp3) is 0.818. The average Bonchev–Trinajstić information content (AvgIpc) is 2.68. The maximum atomic E-state index is 4.50. The molecule has 0 aromatic carbocycles. The van der Waals surface area contributed by atoms with E-state index in [1.54, 1.807) is 0 Å². The van der Waals surface area contributed by atoms with Crippen LogP contribution < -0.4 is 5.32 Å². The molecule has 0 saturated carbocycles. The first-order valence-corrected chi connectivity index (χ1v) is 5.84. The zero-order chi connectivity index (χ0) is 11.3. The van der Waals surface area contributed by atoms with E-state index in [-0.39, 0.29) is 0 Å². The molecule has 1 aromatic heterocycles. The Hall–Kier alpha value is -0.900. The molecule has 1 rings (SSSR count). The van der Waals surface area contributed by atoms with Gasteiger partial charge in [0.1, 0.15) is 5.82 Å². The van der Waals surface area contributed by atoms with Gasteiger partial charge in [-0.2, -0.15) is 5.10 Å². The summed E-state index contributed by atoms with van der Waals surface area (Å²) >= 11 is 0. The Morgan fingerprint density at radius 2 is 2.00 bits per heavy atom. The molecule has 1 atom stereocenters. The number of aromatic nitrogens is 3. The highest BCUT2D eigenvalue weighted by molar-refractivity contribution is 4.93. The van der Waals surface area contributed by atoms with Crippen LogP contribution in [0.15, 0.2) is 0 Å². The second-order valence-corrected chi connectivity index (χ2v) is 3.73. The van der Waals surface area contributed by atoms with E-state index >= 15 is 0 Å². The minimum absolute atomic E-state index is 0.488. The Kier molecular flexibility index (Phi) is 4.75. The van der Waals surface area contributed by atoms with Gasteiger partial charge in [0.05, 0.1) is 6.54 Å². The van der Waals surface area contributed by atoms with Crippen LogP contribution in [0.4, 0.5) is 0 Å². The van der Waals surface area contributed by atoms with Crippen LogP contribution in [0.2, 0.25) is 0 Å². The minimum Gasteiger partial charge on any atom is -0.315 e. The summed E-state index contributed by atoms with van der Waals surface area (Å²) in [5.41, 5.74) is 0. The lowest BCUT2D eigenvalue weighted by Gasteiger charge is -2.14. The third kappa shape index (κ3) is 3.02. The number of hydrogen-bond acceptors (Lipinski definition) is 3. The number of rotatable bonds is 6. The molecule has 0 amide bonds. The molecule has 86 valence electrons. The fourth-order valence-corrected chi connectivity index (χ4v) is 1.62. The van der Waals surface area contributed by atoms with Crippen LogP contribution in [0.1, 0.15) is 38.8 Å². The van der Waals surface area contributed by atoms with Crippen molar-refractivity contribution in [3.63, 3.8) is 0 Å². The monoisotopic (exact) mass is 210 g/mol. The third-order valence-corrected chi connectivity index (χ3v) is 2.72. The molecule has 1 N–H and O–H groups in total. The normalized spacial score (nSPS) is 13.1. The molecule has 0 aliphatic rings. The van der Waals surface area contributed by atoms with Crippen LogP contribution in [0, 0.1) is 0 Å². The summed E-state index contributed by atoms with van der Waals surface area (Å²) in [7, 11) is 2.00. The molecule has 0 bridgehead atoms. The van der Waals surface area contributed by atoms with Crippen molar-refractivity contribution in [2.24, 2.45) is 0 Å². The highest BCUT2D eigenvalue weighted by Gasteiger charge is 2.10. The zero-order valence-corrected chi connectivity index (χ0v) is 10.2. The molecule has 0 aliphatic heterocycles. The molecule has 0 spiro atoms. The lowest BCUT2D eigenvalue weighted by Crippen LogP contribution is -2.30. The lowest BCUT2D eigenvalue weighted by molar-refractivity contribution is 0.431. The van der Waals surface area contributed by atoms with Gasteiger partial charge in [0.25, 0.3) is 0 Å². The van der Waals surface area contributed by atoms with E-state index in [1.165, 1.54) is 0 Å². The average molecular weight is 210 g/mol. The largest absolute Gasteiger partial charge is 0.315 e. The number of likely N-dealkylation sites (N-methyl/N-ethyl adjacent to an activating group) is 1. The highest BCUT2D eigenvalue weighted by atomic mass is 15.4. The van der Waals surface area contributed by atoms with Crippen LogP contribution in [0.3, 0.4) is 0 Å². The van der Waals surface area contributed by atoms with Crippen LogP contribution in [0.5, 0.6) is 0 Å². The van der Waals surface area contributed by atoms with Crippen molar-refractivity contribution in [1.82, 2.24) is 20.1 Å². The van der Waals surface area contributed by atoms with Crippen LogP contribution >= 0.6 is 0 Å². The Bertz CT molecular complexity index is 289. The molecule has 1 aromatic rings. The van der Waals surface area contributed by atoms with Gasteiger partial charge in [-0.3, -0.25) is 0 Å². The van der Waals surface area contributed by atoms with E-state index < -0.39 is 0 Å². The molecule has 0 aliphatic carbocycles. The van der Waals surface area contributed by atoms with Gasteiger partial charge in [0.2, 0.25) is 0 Å². The molecular weight excluding hydrogens is 188 g/mol. The number of hydrogen-bond donors (Lipinski definition) is 1. The van der Waals surface area contributed by atoms with E-state index in [1.807, 2.05) is 11.7 Å². The van der Waals surface area contributed by atoms with E-state index in [2.05, 4.69) is 36.2 Å². The molecule has 1 heterocycles. The molecule has 0 fully saturated rings. The summed E-state index contributed by atoms with van der Waals surface area (Å²) in [6.45, 7) is 7.32. The quantitative estimate of drug-likeness (QED) is 0.772. The Morgan fingerprint density at radius 1 is 1.27 bits per heavy atom. The first-order valence-electron chi connectivity index (χ1n) is 5.84. The maximum Gasteiger partial charge on any atom is 0.150 e. The molecule has 4 nitrogen and oxygen atoms in total. The summed E-state index contributed by atoms with van der Waals surface area (Å²) in [6, 6.07) is 0.488. The fourth-order valence-electron chi connectivity index (χ4n) is 1.62. The Labute approximate surface area is 92.1 Å². The van der Waals surface area contributed by atoms with Gasteiger partial charge in [-0.15, -0.1) is 0 Å². The first kappa shape index (κ1) is 12.2. The van der Waals surface area contributed by atoms with Crippen LogP contribution in [-0.4, -0.2) is 27.9 Å². The Balaban J connectivity index is 2.77. The van der Waals surface area contributed by atoms with Crippen molar-refractivity contribution >= 4 is 0 Å². The van der Waals surface area contributed by atoms with Gasteiger partial charge in [-0.05, 0) is 13.5 Å². The second kappa shape index (κ2) is 5.85. The zero-order valence-electron chi connectivity index (χ0n) is 10.2. The van der Waals surface area contributed by atoms with E-state index in [9.17, 15) is 0 Å². The van der Waals surface area contributed by atoms with Gasteiger partial charge >= 0.3 is 0 Å². The van der Waals surface area contributed by atoms with E-state index in [0.29, 0.717) is 6.04 Å². The van der Waals surface area contributed by atoms with Crippen molar-refractivity contribution in [1.29, 1.82) is 0 Å². The molecule has 4 heteroatoms. The predicted molar refractivity (Wildman–Crippen MR) is 61.9 cm³/mol. The number of aryl methyl sites for hydroxylation is 2. The van der Waals surface area contributed by atoms with Crippen molar-refractivity contribution in [2.75, 3.05) is 7.05 Å². The van der Waals surface area contributed by atoms with E-state index in [0.717, 1.165) is 37.5 Å².